The summed E-state index contributed by atoms with van der Waals surface area (Å²) in [5.41, 5.74) is 1.04. The zero-order valence-electron chi connectivity index (χ0n) is 10.6. The van der Waals surface area contributed by atoms with Gasteiger partial charge >= 0.3 is 5.97 Å². The Labute approximate surface area is 101 Å². The number of hydrogen-bond acceptors (Lipinski definition) is 4. The van der Waals surface area contributed by atoms with E-state index in [0.717, 1.165) is 18.7 Å². The third kappa shape index (κ3) is 3.41. The molecule has 1 rings (SSSR count). The highest BCUT2D eigenvalue weighted by Gasteiger charge is 2.18. The van der Waals surface area contributed by atoms with Gasteiger partial charge in [-0.1, -0.05) is 38.1 Å². The van der Waals surface area contributed by atoms with Crippen molar-refractivity contribution in [1.29, 1.82) is 0 Å². The van der Waals surface area contributed by atoms with E-state index in [1.54, 1.807) is 4.68 Å². The van der Waals surface area contributed by atoms with Crippen molar-refractivity contribution in [1.82, 2.24) is 15.0 Å². The third-order valence-electron chi connectivity index (χ3n) is 2.69. The maximum atomic E-state index is 11.6. The van der Waals surface area contributed by atoms with Crippen LogP contribution in [0.25, 0.3) is 0 Å². The third-order valence-corrected chi connectivity index (χ3v) is 2.69. The van der Waals surface area contributed by atoms with E-state index in [4.69, 9.17) is 4.74 Å². The monoisotopic (exact) mass is 237 g/mol. The number of hydrogen-bond donors (Lipinski definition) is 0. The lowest BCUT2D eigenvalue weighted by atomic mass is 10.1. The van der Waals surface area contributed by atoms with Crippen molar-refractivity contribution in [2.45, 2.75) is 33.7 Å². The molecule has 0 saturated carbocycles. The Morgan fingerprint density at radius 3 is 2.94 bits per heavy atom. The second-order valence-corrected chi connectivity index (χ2v) is 4.11. The van der Waals surface area contributed by atoms with E-state index < -0.39 is 5.97 Å². The van der Waals surface area contributed by atoms with Gasteiger partial charge in [0.25, 0.3) is 0 Å². The lowest BCUT2D eigenvalue weighted by Gasteiger charge is -2.09. The maximum Gasteiger partial charge on any atom is 0.361 e. The van der Waals surface area contributed by atoms with Gasteiger partial charge in [0.2, 0.25) is 0 Å². The Bertz CT molecular complexity index is 398. The predicted molar refractivity (Wildman–Crippen MR) is 64.7 cm³/mol. The summed E-state index contributed by atoms with van der Waals surface area (Å²) in [4.78, 5) is 11.6. The van der Waals surface area contributed by atoms with Crippen LogP contribution < -0.4 is 0 Å². The molecular weight excluding hydrogens is 218 g/mol. The molecule has 17 heavy (non-hydrogen) atoms. The number of esters is 1. The first-order valence-corrected chi connectivity index (χ1v) is 5.78. The Balaban J connectivity index is 2.76. The van der Waals surface area contributed by atoms with Crippen LogP contribution in [0.3, 0.4) is 0 Å². The van der Waals surface area contributed by atoms with Gasteiger partial charge in [-0.05, 0) is 12.8 Å². The van der Waals surface area contributed by atoms with Crippen LogP contribution in [0.2, 0.25) is 0 Å². The molecule has 0 aromatic carbocycles. The summed E-state index contributed by atoms with van der Waals surface area (Å²) in [5.74, 6) is 0.0604. The van der Waals surface area contributed by atoms with Crippen LogP contribution in [0, 0.1) is 12.8 Å². The van der Waals surface area contributed by atoms with Gasteiger partial charge in [0.15, 0.2) is 5.69 Å². The van der Waals surface area contributed by atoms with Crippen molar-refractivity contribution in [3.8, 4) is 0 Å². The minimum atomic E-state index is -0.446. The number of ether oxygens (including phenoxy) is 1. The summed E-state index contributed by atoms with van der Waals surface area (Å²) >= 11 is 0. The fourth-order valence-electron chi connectivity index (χ4n) is 1.35. The van der Waals surface area contributed by atoms with E-state index in [1.165, 1.54) is 6.08 Å². The Hall–Kier alpha value is -1.65. The number of nitrogens with zero attached hydrogens (tertiary/aromatic N) is 3. The van der Waals surface area contributed by atoms with Gasteiger partial charge in [0.05, 0.1) is 5.69 Å². The maximum absolute atomic E-state index is 11.6. The molecule has 0 aliphatic carbocycles. The molecule has 1 heterocycles. The van der Waals surface area contributed by atoms with Crippen molar-refractivity contribution in [3.63, 3.8) is 0 Å². The molecule has 0 aliphatic rings. The molecule has 0 fully saturated rings. The van der Waals surface area contributed by atoms with Crippen molar-refractivity contribution in [3.05, 3.63) is 24.0 Å². The van der Waals surface area contributed by atoms with Gasteiger partial charge in [0, 0.05) is 6.54 Å². The Morgan fingerprint density at radius 1 is 1.65 bits per heavy atom. The van der Waals surface area contributed by atoms with Gasteiger partial charge in [0.1, 0.15) is 6.61 Å². The number of aromatic nitrogens is 3. The highest BCUT2D eigenvalue weighted by molar-refractivity contribution is 5.88. The highest BCUT2D eigenvalue weighted by Crippen LogP contribution is 2.10. The van der Waals surface area contributed by atoms with Crippen molar-refractivity contribution >= 4 is 5.97 Å². The van der Waals surface area contributed by atoms with Gasteiger partial charge in [-0.2, -0.15) is 0 Å². The van der Waals surface area contributed by atoms with Gasteiger partial charge in [-0.15, -0.1) is 5.10 Å². The van der Waals surface area contributed by atoms with Crippen molar-refractivity contribution in [2.24, 2.45) is 5.92 Å². The Morgan fingerprint density at radius 2 is 2.35 bits per heavy atom. The lowest BCUT2D eigenvalue weighted by molar-refractivity contribution is 0.0542. The van der Waals surface area contributed by atoms with Crippen LogP contribution >= 0.6 is 0 Å². The summed E-state index contributed by atoms with van der Waals surface area (Å²) < 4.78 is 6.68. The molecule has 0 saturated heterocycles. The molecule has 0 bridgehead atoms. The highest BCUT2D eigenvalue weighted by atomic mass is 16.5. The molecule has 0 N–H and O–H groups in total. The summed E-state index contributed by atoms with van der Waals surface area (Å²) in [6, 6.07) is 0. The number of rotatable bonds is 6. The molecule has 5 heteroatoms. The second-order valence-electron chi connectivity index (χ2n) is 4.11. The minimum Gasteiger partial charge on any atom is -0.457 e. The van der Waals surface area contributed by atoms with E-state index in [0.29, 0.717) is 5.92 Å². The van der Waals surface area contributed by atoms with Crippen LogP contribution in [0.4, 0.5) is 0 Å². The summed E-state index contributed by atoms with van der Waals surface area (Å²) in [6.45, 7) is 10.5. The molecule has 1 atom stereocenters. The molecule has 94 valence electrons. The number of carbonyl (C=O) groups excluding carboxylic acids is 1. The molecule has 0 amide bonds. The molecule has 1 aromatic rings. The van der Waals surface area contributed by atoms with E-state index in [9.17, 15) is 4.79 Å². The zero-order valence-corrected chi connectivity index (χ0v) is 10.6. The first-order valence-electron chi connectivity index (χ1n) is 5.78. The topological polar surface area (TPSA) is 57.0 Å². The minimum absolute atomic E-state index is 0.191. The first-order chi connectivity index (χ1) is 8.10. The molecule has 1 aromatic heterocycles. The molecule has 0 radical (unpaired) electrons. The molecule has 0 spiro atoms. The number of carbonyl (C=O) groups is 1. The average molecular weight is 237 g/mol. The van der Waals surface area contributed by atoms with Gasteiger partial charge < -0.3 is 4.74 Å². The van der Waals surface area contributed by atoms with E-state index in [-0.39, 0.29) is 12.3 Å². The normalized spacial score (nSPS) is 12.2. The molecule has 0 aliphatic heterocycles. The van der Waals surface area contributed by atoms with Gasteiger partial charge in [-0.25, -0.2) is 9.48 Å². The van der Waals surface area contributed by atoms with Crippen LogP contribution in [-0.4, -0.2) is 27.6 Å². The summed E-state index contributed by atoms with van der Waals surface area (Å²) in [7, 11) is 0. The lowest BCUT2D eigenvalue weighted by Crippen LogP contribution is -2.11. The van der Waals surface area contributed by atoms with Crippen LogP contribution in [0.5, 0.6) is 0 Å². The van der Waals surface area contributed by atoms with Crippen LogP contribution in [-0.2, 0) is 11.3 Å². The van der Waals surface area contributed by atoms with Crippen LogP contribution in [0.15, 0.2) is 12.7 Å². The largest absolute Gasteiger partial charge is 0.457 e. The quantitative estimate of drug-likeness (QED) is 0.560. The fourth-order valence-corrected chi connectivity index (χ4v) is 1.35. The molecular formula is C12H19N3O2. The second kappa shape index (κ2) is 6.18. The summed E-state index contributed by atoms with van der Waals surface area (Å²) in [5, 5.41) is 7.83. The zero-order chi connectivity index (χ0) is 12.8. The van der Waals surface area contributed by atoms with Crippen LogP contribution in [0.1, 0.15) is 36.5 Å². The van der Waals surface area contributed by atoms with Crippen molar-refractivity contribution in [2.75, 3.05) is 6.61 Å². The molecule has 1 unspecified atom stereocenters. The van der Waals surface area contributed by atoms with Crippen molar-refractivity contribution < 1.29 is 9.53 Å². The average Bonchev–Trinajstić information content (AvgIpc) is 2.68. The smallest absolute Gasteiger partial charge is 0.361 e. The van der Waals surface area contributed by atoms with E-state index >= 15 is 0 Å². The fraction of sp³-hybridized carbons (Fsp3) is 0.583. The predicted octanol–water partition coefficient (Wildman–Crippen LogP) is 1.98. The molecule has 5 nitrogen and oxygen atoms in total. The first kappa shape index (κ1) is 13.4. The summed E-state index contributed by atoms with van der Waals surface area (Å²) in [6.07, 6.45) is 2.59. The van der Waals surface area contributed by atoms with E-state index in [2.05, 4.69) is 30.7 Å². The standard InChI is InChI=1S/C12H19N3O2/c1-5-7-17-12(16)11-10(4)15(14-13-11)8-9(3)6-2/h5,9H,1,6-8H2,2-4H3. The van der Waals surface area contributed by atoms with E-state index in [1.807, 2.05) is 6.92 Å². The SMILES string of the molecule is C=CCOC(=O)c1nnn(CC(C)CC)c1C. The van der Waals surface area contributed by atoms with Gasteiger partial charge in [-0.3, -0.25) is 0 Å². The Kier molecular flexibility index (Phi) is 4.87.